The molecule has 0 amide bonds. The second-order valence-corrected chi connectivity index (χ2v) is 4.40. The van der Waals surface area contributed by atoms with E-state index in [2.05, 4.69) is 5.16 Å². The van der Waals surface area contributed by atoms with Crippen LogP contribution in [0.3, 0.4) is 0 Å². The summed E-state index contributed by atoms with van der Waals surface area (Å²) in [5, 5.41) is 22.7. The van der Waals surface area contributed by atoms with Gasteiger partial charge in [0, 0.05) is 31.3 Å². The highest BCUT2D eigenvalue weighted by atomic mass is 16.6. The predicted molar refractivity (Wildman–Crippen MR) is 73.3 cm³/mol. The van der Waals surface area contributed by atoms with Crippen molar-refractivity contribution in [2.75, 3.05) is 31.2 Å². The summed E-state index contributed by atoms with van der Waals surface area (Å²) in [4.78, 5) is 12.7. The Hall–Kier alpha value is -2.35. The van der Waals surface area contributed by atoms with E-state index in [1.807, 2.05) is 4.90 Å². The Morgan fingerprint density at radius 3 is 2.95 bits per heavy atom. The molecule has 20 heavy (non-hydrogen) atoms. The average molecular weight is 280 g/mol. The smallest absolute Gasteiger partial charge is 0.293 e. The standard InChI is InChI=1S/C12H16N4O4/c13-12(14-17)9-2-3-10(11(8-9)16(18)19)15-4-1-6-20-7-5-15/h2-3,8,17H,1,4-7H2,(H2,13,14). The molecule has 0 unspecified atom stereocenters. The van der Waals surface area contributed by atoms with Gasteiger partial charge in [-0.15, -0.1) is 0 Å². The van der Waals surface area contributed by atoms with Crippen molar-refractivity contribution in [3.63, 3.8) is 0 Å². The van der Waals surface area contributed by atoms with E-state index in [1.54, 1.807) is 12.1 Å². The number of hydrogen-bond acceptors (Lipinski definition) is 6. The highest BCUT2D eigenvalue weighted by Gasteiger charge is 2.21. The van der Waals surface area contributed by atoms with Gasteiger partial charge in [-0.2, -0.15) is 0 Å². The van der Waals surface area contributed by atoms with Crippen molar-refractivity contribution in [2.45, 2.75) is 6.42 Å². The maximum atomic E-state index is 11.2. The van der Waals surface area contributed by atoms with Gasteiger partial charge in [-0.25, -0.2) is 0 Å². The Labute approximate surface area is 115 Å². The first-order valence-corrected chi connectivity index (χ1v) is 6.22. The zero-order valence-electron chi connectivity index (χ0n) is 10.9. The summed E-state index contributed by atoms with van der Waals surface area (Å²) in [6.07, 6.45) is 0.819. The lowest BCUT2D eigenvalue weighted by molar-refractivity contribution is -0.384. The number of anilines is 1. The first kappa shape index (κ1) is 14.1. The predicted octanol–water partition coefficient (Wildman–Crippen LogP) is 0.916. The van der Waals surface area contributed by atoms with Crippen molar-refractivity contribution in [3.8, 4) is 0 Å². The van der Waals surface area contributed by atoms with Gasteiger partial charge in [0.05, 0.1) is 11.5 Å². The topological polar surface area (TPSA) is 114 Å². The number of nitrogens with zero attached hydrogens (tertiary/aromatic N) is 3. The van der Waals surface area contributed by atoms with Gasteiger partial charge in [-0.3, -0.25) is 10.1 Å². The van der Waals surface area contributed by atoms with E-state index < -0.39 is 4.92 Å². The molecule has 0 radical (unpaired) electrons. The molecule has 1 heterocycles. The zero-order valence-corrected chi connectivity index (χ0v) is 10.9. The van der Waals surface area contributed by atoms with Gasteiger partial charge >= 0.3 is 0 Å². The third kappa shape index (κ3) is 2.97. The number of oxime groups is 1. The molecule has 0 bridgehead atoms. The first-order valence-electron chi connectivity index (χ1n) is 6.22. The van der Waals surface area contributed by atoms with E-state index in [-0.39, 0.29) is 11.5 Å². The van der Waals surface area contributed by atoms with Gasteiger partial charge in [-0.05, 0) is 18.6 Å². The number of amidine groups is 1. The Balaban J connectivity index is 2.39. The molecule has 0 aliphatic carbocycles. The average Bonchev–Trinajstić information content (AvgIpc) is 2.74. The molecule has 8 heteroatoms. The highest BCUT2D eigenvalue weighted by molar-refractivity contribution is 5.98. The molecule has 0 atom stereocenters. The summed E-state index contributed by atoms with van der Waals surface area (Å²) in [5.41, 5.74) is 6.24. The molecule has 0 spiro atoms. The number of hydrogen-bond donors (Lipinski definition) is 2. The van der Waals surface area contributed by atoms with Gasteiger partial charge in [0.15, 0.2) is 5.84 Å². The van der Waals surface area contributed by atoms with Crippen LogP contribution in [-0.4, -0.2) is 42.3 Å². The van der Waals surface area contributed by atoms with E-state index in [1.165, 1.54) is 6.07 Å². The van der Waals surface area contributed by atoms with Crippen molar-refractivity contribution in [2.24, 2.45) is 10.9 Å². The lowest BCUT2D eigenvalue weighted by Crippen LogP contribution is -2.27. The Bertz CT molecular complexity index is 524. The summed E-state index contributed by atoms with van der Waals surface area (Å²) in [6.45, 7) is 2.50. The van der Waals surface area contributed by atoms with Gasteiger partial charge in [0.2, 0.25) is 0 Å². The molecule has 8 nitrogen and oxygen atoms in total. The molecule has 108 valence electrons. The molecule has 2 rings (SSSR count). The summed E-state index contributed by atoms with van der Waals surface area (Å²) >= 11 is 0. The lowest BCUT2D eigenvalue weighted by atomic mass is 10.1. The van der Waals surface area contributed by atoms with Crippen LogP contribution < -0.4 is 10.6 Å². The quantitative estimate of drug-likeness (QED) is 0.280. The van der Waals surface area contributed by atoms with Crippen molar-refractivity contribution in [1.29, 1.82) is 0 Å². The van der Waals surface area contributed by atoms with E-state index >= 15 is 0 Å². The number of rotatable bonds is 3. The molecule has 1 aromatic carbocycles. The molecular weight excluding hydrogens is 264 g/mol. The van der Waals surface area contributed by atoms with Crippen molar-refractivity contribution < 1.29 is 14.9 Å². The third-order valence-corrected chi connectivity index (χ3v) is 3.14. The van der Waals surface area contributed by atoms with Crippen LogP contribution >= 0.6 is 0 Å². The van der Waals surface area contributed by atoms with Crippen LogP contribution in [0.25, 0.3) is 0 Å². The van der Waals surface area contributed by atoms with Crippen LogP contribution in [0.2, 0.25) is 0 Å². The minimum Gasteiger partial charge on any atom is -0.409 e. The number of nitro benzene ring substituents is 1. The van der Waals surface area contributed by atoms with Crippen molar-refractivity contribution >= 4 is 17.2 Å². The molecule has 0 saturated carbocycles. The van der Waals surface area contributed by atoms with Crippen LogP contribution in [0, 0.1) is 10.1 Å². The molecule has 1 saturated heterocycles. The van der Waals surface area contributed by atoms with Gasteiger partial charge in [0.1, 0.15) is 5.69 Å². The minimum absolute atomic E-state index is 0.0593. The van der Waals surface area contributed by atoms with Gasteiger partial charge in [-0.1, -0.05) is 5.16 Å². The Kier molecular flexibility index (Phi) is 4.36. The zero-order chi connectivity index (χ0) is 14.5. The Morgan fingerprint density at radius 2 is 2.25 bits per heavy atom. The molecular formula is C12H16N4O4. The number of ether oxygens (including phenoxy) is 1. The maximum absolute atomic E-state index is 11.2. The van der Waals surface area contributed by atoms with Crippen molar-refractivity contribution in [3.05, 3.63) is 33.9 Å². The highest BCUT2D eigenvalue weighted by Crippen LogP contribution is 2.29. The van der Waals surface area contributed by atoms with Crippen molar-refractivity contribution in [1.82, 2.24) is 0 Å². The fraction of sp³-hybridized carbons (Fsp3) is 0.417. The fourth-order valence-electron chi connectivity index (χ4n) is 2.14. The normalized spacial score (nSPS) is 16.8. The number of benzene rings is 1. The maximum Gasteiger partial charge on any atom is 0.293 e. The van der Waals surface area contributed by atoms with Crippen LogP contribution in [0.1, 0.15) is 12.0 Å². The second-order valence-electron chi connectivity index (χ2n) is 4.40. The largest absolute Gasteiger partial charge is 0.409 e. The Morgan fingerprint density at radius 1 is 1.45 bits per heavy atom. The van der Waals surface area contributed by atoms with Gasteiger partial charge < -0.3 is 20.6 Å². The van der Waals surface area contributed by atoms with E-state index in [4.69, 9.17) is 15.7 Å². The molecule has 3 N–H and O–H groups in total. The molecule has 0 aromatic heterocycles. The lowest BCUT2D eigenvalue weighted by Gasteiger charge is -2.21. The van der Waals surface area contributed by atoms with Crippen LogP contribution in [0.4, 0.5) is 11.4 Å². The molecule has 1 aliphatic rings. The molecule has 1 fully saturated rings. The summed E-state index contributed by atoms with van der Waals surface area (Å²) in [5.74, 6) is -0.154. The van der Waals surface area contributed by atoms with E-state index in [0.29, 0.717) is 37.6 Å². The minimum atomic E-state index is -0.463. The SMILES string of the molecule is NC(=NO)c1ccc(N2CCCOCC2)c([N+](=O)[O-])c1. The summed E-state index contributed by atoms with van der Waals surface area (Å²) < 4.78 is 5.34. The third-order valence-electron chi connectivity index (χ3n) is 3.14. The monoisotopic (exact) mass is 280 g/mol. The second kappa shape index (κ2) is 6.20. The van der Waals surface area contributed by atoms with Crippen LogP contribution in [0.5, 0.6) is 0 Å². The van der Waals surface area contributed by atoms with Crippen LogP contribution in [-0.2, 0) is 4.74 Å². The summed E-state index contributed by atoms with van der Waals surface area (Å²) in [6, 6.07) is 4.54. The fourth-order valence-corrected chi connectivity index (χ4v) is 2.14. The van der Waals surface area contributed by atoms with Gasteiger partial charge in [0.25, 0.3) is 5.69 Å². The molecule has 1 aliphatic heterocycles. The number of nitrogens with two attached hydrogens (primary N) is 1. The summed E-state index contributed by atoms with van der Waals surface area (Å²) in [7, 11) is 0. The number of nitro groups is 1. The first-order chi connectivity index (χ1) is 9.63. The van der Waals surface area contributed by atoms with Crippen LogP contribution in [0.15, 0.2) is 23.4 Å². The molecule has 1 aromatic rings. The van der Waals surface area contributed by atoms with E-state index in [0.717, 1.165) is 6.42 Å². The van der Waals surface area contributed by atoms with E-state index in [9.17, 15) is 10.1 Å².